The van der Waals surface area contributed by atoms with Crippen molar-refractivity contribution < 1.29 is 5.11 Å². The van der Waals surface area contributed by atoms with Gasteiger partial charge in [-0.15, -0.1) is 0 Å². The van der Waals surface area contributed by atoms with Crippen LogP contribution in [0.1, 0.15) is 11.1 Å². The minimum Gasteiger partial charge on any atom is -0.369 e. The predicted octanol–water partition coefficient (Wildman–Crippen LogP) is 3.32. The van der Waals surface area contributed by atoms with Gasteiger partial charge in [-0.05, 0) is 9.85 Å². The summed E-state index contributed by atoms with van der Waals surface area (Å²) >= 11 is 1.95. The maximum atomic E-state index is 10.8. The van der Waals surface area contributed by atoms with E-state index < -0.39 is 5.60 Å². The number of benzene rings is 2. The van der Waals surface area contributed by atoms with E-state index in [-0.39, 0.29) is 0 Å². The summed E-state index contributed by atoms with van der Waals surface area (Å²) in [6, 6.07) is 19.0. The molecule has 2 rings (SSSR count). The average Bonchev–Trinajstić information content (AvgIpc) is 2.41. The Hall–Kier alpha value is -1.31. The van der Waals surface area contributed by atoms with Crippen LogP contribution in [-0.2, 0) is 5.60 Å². The van der Waals surface area contributed by atoms with E-state index in [4.69, 9.17) is 0 Å². The van der Waals surface area contributed by atoms with Crippen LogP contribution in [-0.4, -0.2) is 5.11 Å². The summed E-state index contributed by atoms with van der Waals surface area (Å²) in [7, 11) is 0. The lowest BCUT2D eigenvalue weighted by molar-refractivity contribution is 0.145. The number of halogens is 1. The quantitative estimate of drug-likeness (QED) is 0.660. The third-order valence-corrected chi connectivity index (χ3v) is 2.88. The van der Waals surface area contributed by atoms with Crippen LogP contribution in [0.15, 0.2) is 60.7 Å². The normalized spacial score (nSPS) is 10.5. The van der Waals surface area contributed by atoms with Crippen molar-refractivity contribution in [2.45, 2.75) is 5.60 Å². The van der Waals surface area contributed by atoms with E-state index in [0.717, 1.165) is 11.1 Å². The van der Waals surface area contributed by atoms with E-state index >= 15 is 0 Å². The molecule has 2 aromatic carbocycles. The van der Waals surface area contributed by atoms with Gasteiger partial charge in [0, 0.05) is 33.7 Å². The average molecular weight is 334 g/mol. The summed E-state index contributed by atoms with van der Waals surface area (Å²) in [5.41, 5.74) is 0.342. The number of hydrogen-bond acceptors (Lipinski definition) is 1. The molecule has 0 atom stereocenters. The van der Waals surface area contributed by atoms with Crippen molar-refractivity contribution in [1.29, 1.82) is 0 Å². The fourth-order valence-electron chi connectivity index (χ4n) is 1.74. The zero-order valence-corrected chi connectivity index (χ0v) is 11.3. The van der Waals surface area contributed by atoms with Crippen LogP contribution in [0.3, 0.4) is 0 Å². The first kappa shape index (κ1) is 12.2. The third kappa shape index (κ3) is 2.51. The first-order valence-electron chi connectivity index (χ1n) is 5.23. The maximum absolute atomic E-state index is 10.8. The van der Waals surface area contributed by atoms with Crippen molar-refractivity contribution in [3.63, 3.8) is 0 Å². The molecule has 84 valence electrons. The van der Waals surface area contributed by atoms with Gasteiger partial charge in [0.1, 0.15) is 0 Å². The minimum absolute atomic E-state index is 0.787. The predicted molar refractivity (Wildman–Crippen MR) is 77.7 cm³/mol. The van der Waals surface area contributed by atoms with E-state index in [2.05, 4.69) is 9.85 Å². The highest BCUT2D eigenvalue weighted by molar-refractivity contribution is 14.1. The molecule has 0 unspecified atom stereocenters. The molecule has 0 aliphatic carbocycles. The van der Waals surface area contributed by atoms with Crippen LogP contribution in [0.25, 0.3) is 0 Å². The molecule has 0 spiro atoms. The van der Waals surface area contributed by atoms with E-state index in [0.29, 0.717) is 0 Å². The van der Waals surface area contributed by atoms with Crippen molar-refractivity contribution in [3.05, 3.63) is 71.8 Å². The Labute approximate surface area is 115 Å². The van der Waals surface area contributed by atoms with E-state index in [1.165, 1.54) is 0 Å². The molecule has 0 saturated heterocycles. The molecule has 2 aromatic rings. The van der Waals surface area contributed by atoms with Gasteiger partial charge in [-0.1, -0.05) is 60.7 Å². The lowest BCUT2D eigenvalue weighted by atomic mass is 9.87. The van der Waals surface area contributed by atoms with Crippen LogP contribution < -0.4 is 0 Å². The highest BCUT2D eigenvalue weighted by atomic mass is 127. The highest BCUT2D eigenvalue weighted by Gasteiger charge is 2.28. The second-order valence-electron chi connectivity index (χ2n) is 3.66. The molecular formula is C15H11IO. The number of aliphatic hydroxyl groups is 1. The van der Waals surface area contributed by atoms with Gasteiger partial charge in [0.2, 0.25) is 0 Å². The molecule has 0 heterocycles. The molecule has 0 amide bonds. The second-order valence-corrected chi connectivity index (χ2v) is 4.20. The minimum atomic E-state index is -1.23. The topological polar surface area (TPSA) is 20.2 Å². The first-order chi connectivity index (χ1) is 8.27. The summed E-state index contributed by atoms with van der Waals surface area (Å²) in [5.74, 6) is 2.88. The Kier molecular flexibility index (Phi) is 3.82. The summed E-state index contributed by atoms with van der Waals surface area (Å²) < 4.78 is 2.78. The molecule has 0 bridgehead atoms. The SMILES string of the molecule is OC(C#CI)(c1ccccc1)c1ccccc1. The number of hydrogen-bond donors (Lipinski definition) is 1. The van der Waals surface area contributed by atoms with Crippen LogP contribution in [0.4, 0.5) is 0 Å². The van der Waals surface area contributed by atoms with Gasteiger partial charge in [0.05, 0.1) is 0 Å². The van der Waals surface area contributed by atoms with Crippen LogP contribution in [0, 0.1) is 9.85 Å². The van der Waals surface area contributed by atoms with Gasteiger partial charge in [-0.3, -0.25) is 0 Å². The Bertz CT molecular complexity index is 498. The summed E-state index contributed by atoms with van der Waals surface area (Å²) in [6.45, 7) is 0. The summed E-state index contributed by atoms with van der Waals surface area (Å²) in [4.78, 5) is 0. The smallest absolute Gasteiger partial charge is 0.177 e. The van der Waals surface area contributed by atoms with E-state index in [9.17, 15) is 5.11 Å². The van der Waals surface area contributed by atoms with Gasteiger partial charge in [0.25, 0.3) is 0 Å². The van der Waals surface area contributed by atoms with Crippen LogP contribution in [0.2, 0.25) is 0 Å². The van der Waals surface area contributed by atoms with E-state index in [1.54, 1.807) is 0 Å². The Morgan fingerprint density at radius 3 is 1.59 bits per heavy atom. The van der Waals surface area contributed by atoms with Gasteiger partial charge in [0.15, 0.2) is 5.60 Å². The lowest BCUT2D eigenvalue weighted by Gasteiger charge is -2.23. The molecule has 0 aliphatic rings. The zero-order chi connectivity index (χ0) is 12.1. The second kappa shape index (κ2) is 5.35. The van der Waals surface area contributed by atoms with Crippen molar-refractivity contribution in [2.75, 3.05) is 0 Å². The van der Waals surface area contributed by atoms with E-state index in [1.807, 2.05) is 83.3 Å². The number of rotatable bonds is 2. The standard InChI is InChI=1S/C15H11IO/c16-12-11-15(17,13-7-3-1-4-8-13)14-9-5-2-6-10-14/h1-10,17H. The zero-order valence-electron chi connectivity index (χ0n) is 9.10. The molecule has 0 aliphatic heterocycles. The van der Waals surface area contributed by atoms with Crippen molar-refractivity contribution >= 4 is 22.6 Å². The molecular weight excluding hydrogens is 323 g/mol. The Morgan fingerprint density at radius 1 is 0.824 bits per heavy atom. The third-order valence-electron chi connectivity index (χ3n) is 2.61. The largest absolute Gasteiger partial charge is 0.369 e. The molecule has 0 radical (unpaired) electrons. The van der Waals surface area contributed by atoms with Crippen LogP contribution in [0.5, 0.6) is 0 Å². The monoisotopic (exact) mass is 334 g/mol. The van der Waals surface area contributed by atoms with Crippen molar-refractivity contribution in [3.8, 4) is 9.85 Å². The molecule has 1 N–H and O–H groups in total. The molecule has 1 nitrogen and oxygen atoms in total. The van der Waals surface area contributed by atoms with Gasteiger partial charge in [-0.25, -0.2) is 0 Å². The first-order valence-corrected chi connectivity index (χ1v) is 6.31. The maximum Gasteiger partial charge on any atom is 0.177 e. The molecule has 0 fully saturated rings. The van der Waals surface area contributed by atoms with Crippen molar-refractivity contribution in [2.24, 2.45) is 0 Å². The van der Waals surface area contributed by atoms with Gasteiger partial charge < -0.3 is 5.11 Å². The van der Waals surface area contributed by atoms with Gasteiger partial charge >= 0.3 is 0 Å². The van der Waals surface area contributed by atoms with Crippen LogP contribution >= 0.6 is 22.6 Å². The summed E-state index contributed by atoms with van der Waals surface area (Å²) in [5, 5.41) is 10.8. The molecule has 17 heavy (non-hydrogen) atoms. The van der Waals surface area contributed by atoms with Gasteiger partial charge in [-0.2, -0.15) is 0 Å². The Balaban J connectivity index is 2.58. The fraction of sp³-hybridized carbons (Fsp3) is 0.0667. The summed E-state index contributed by atoms with van der Waals surface area (Å²) in [6.07, 6.45) is 0. The lowest BCUT2D eigenvalue weighted by Crippen LogP contribution is -2.24. The Morgan fingerprint density at radius 2 is 1.24 bits per heavy atom. The molecule has 0 aromatic heterocycles. The highest BCUT2D eigenvalue weighted by Crippen LogP contribution is 2.28. The molecule has 2 heteroatoms. The molecule has 0 saturated carbocycles. The fourth-order valence-corrected chi connectivity index (χ4v) is 2.13. The van der Waals surface area contributed by atoms with Crippen molar-refractivity contribution in [1.82, 2.24) is 0 Å².